The maximum absolute atomic E-state index is 5.75. The number of nitrogens with zero attached hydrogens (tertiary/aromatic N) is 3. The van der Waals surface area contributed by atoms with Gasteiger partial charge in [-0.3, -0.25) is 0 Å². The number of anilines is 1. The quantitative estimate of drug-likeness (QED) is 0.885. The van der Waals surface area contributed by atoms with E-state index in [1.807, 2.05) is 6.07 Å². The lowest BCUT2D eigenvalue weighted by Gasteiger charge is -2.12. The highest BCUT2D eigenvalue weighted by Gasteiger charge is 2.15. The van der Waals surface area contributed by atoms with E-state index in [1.165, 1.54) is 0 Å². The van der Waals surface area contributed by atoms with Gasteiger partial charge >= 0.3 is 0 Å². The molecule has 0 saturated carbocycles. The van der Waals surface area contributed by atoms with E-state index in [-0.39, 0.29) is 0 Å². The van der Waals surface area contributed by atoms with E-state index in [9.17, 15) is 0 Å². The smallest absolute Gasteiger partial charge is 0.160 e. The van der Waals surface area contributed by atoms with Crippen molar-refractivity contribution in [3.63, 3.8) is 0 Å². The number of nitrogen functional groups attached to an aromatic ring is 1. The van der Waals surface area contributed by atoms with Crippen molar-refractivity contribution in [3.8, 4) is 0 Å². The van der Waals surface area contributed by atoms with Crippen molar-refractivity contribution < 1.29 is 0 Å². The van der Waals surface area contributed by atoms with Crippen LogP contribution in [0.25, 0.3) is 11.2 Å². The molecule has 4 heteroatoms. The summed E-state index contributed by atoms with van der Waals surface area (Å²) in [5.74, 6) is 2.06. The Morgan fingerprint density at radius 2 is 2.00 bits per heavy atom. The number of hydrogen-bond donors (Lipinski definition) is 1. The molecule has 2 heterocycles. The van der Waals surface area contributed by atoms with E-state index in [1.54, 1.807) is 6.20 Å². The first-order valence-electron chi connectivity index (χ1n) is 6.10. The van der Waals surface area contributed by atoms with Gasteiger partial charge < -0.3 is 10.3 Å². The van der Waals surface area contributed by atoms with E-state index in [0.29, 0.717) is 17.5 Å². The van der Waals surface area contributed by atoms with E-state index in [4.69, 9.17) is 5.73 Å². The molecule has 0 saturated heterocycles. The molecule has 0 bridgehead atoms. The van der Waals surface area contributed by atoms with Gasteiger partial charge in [-0.2, -0.15) is 0 Å². The molecular weight excluding hydrogens is 212 g/mol. The topological polar surface area (TPSA) is 56.7 Å². The van der Waals surface area contributed by atoms with Gasteiger partial charge in [0.2, 0.25) is 0 Å². The fourth-order valence-electron chi connectivity index (χ4n) is 2.03. The molecule has 0 aliphatic carbocycles. The van der Waals surface area contributed by atoms with Crippen LogP contribution in [0.4, 0.5) is 5.69 Å². The summed E-state index contributed by atoms with van der Waals surface area (Å²) in [5.41, 5.74) is 8.26. The van der Waals surface area contributed by atoms with Crippen molar-refractivity contribution >= 4 is 16.9 Å². The number of fused-ring (bicyclic) bond motifs is 1. The summed E-state index contributed by atoms with van der Waals surface area (Å²) in [6.45, 7) is 9.66. The Bertz CT molecular complexity index is 525. The van der Waals surface area contributed by atoms with Gasteiger partial charge in [0.25, 0.3) is 0 Å². The van der Waals surface area contributed by atoms with E-state index in [0.717, 1.165) is 23.5 Å². The van der Waals surface area contributed by atoms with Crippen LogP contribution in [0.5, 0.6) is 0 Å². The molecule has 0 amide bonds. The Morgan fingerprint density at radius 1 is 1.29 bits per heavy atom. The van der Waals surface area contributed by atoms with Crippen LogP contribution in [0.1, 0.15) is 39.4 Å². The molecule has 4 nitrogen and oxygen atoms in total. The SMILES string of the molecule is CC(C)Cn1c(C(C)C)nc2cc(N)cnc21. The van der Waals surface area contributed by atoms with Gasteiger partial charge in [0.15, 0.2) is 5.65 Å². The summed E-state index contributed by atoms with van der Waals surface area (Å²) < 4.78 is 2.21. The Balaban J connectivity index is 2.62. The third-order valence-electron chi connectivity index (χ3n) is 2.70. The zero-order valence-corrected chi connectivity index (χ0v) is 10.9. The molecule has 92 valence electrons. The molecule has 0 aliphatic rings. The van der Waals surface area contributed by atoms with Gasteiger partial charge in [0, 0.05) is 12.5 Å². The largest absolute Gasteiger partial charge is 0.397 e. The molecule has 0 spiro atoms. The van der Waals surface area contributed by atoms with Crippen LogP contribution in [-0.4, -0.2) is 14.5 Å². The van der Waals surface area contributed by atoms with Gasteiger partial charge in [-0.1, -0.05) is 27.7 Å². The van der Waals surface area contributed by atoms with Crippen molar-refractivity contribution in [3.05, 3.63) is 18.1 Å². The Morgan fingerprint density at radius 3 is 2.59 bits per heavy atom. The maximum atomic E-state index is 5.75. The fourth-order valence-corrected chi connectivity index (χ4v) is 2.03. The van der Waals surface area contributed by atoms with Crippen molar-refractivity contribution in [2.24, 2.45) is 5.92 Å². The average molecular weight is 232 g/mol. The summed E-state index contributed by atoms with van der Waals surface area (Å²) >= 11 is 0. The van der Waals surface area contributed by atoms with Gasteiger partial charge in [0.05, 0.1) is 11.9 Å². The van der Waals surface area contributed by atoms with Crippen molar-refractivity contribution in [1.29, 1.82) is 0 Å². The second kappa shape index (κ2) is 4.35. The zero-order chi connectivity index (χ0) is 12.6. The summed E-state index contributed by atoms with van der Waals surface area (Å²) in [6, 6.07) is 1.89. The lowest BCUT2D eigenvalue weighted by Crippen LogP contribution is -2.10. The van der Waals surface area contributed by atoms with Gasteiger partial charge in [0.1, 0.15) is 11.3 Å². The van der Waals surface area contributed by atoms with Gasteiger partial charge in [-0.15, -0.1) is 0 Å². The lowest BCUT2D eigenvalue weighted by atomic mass is 10.2. The Kier molecular flexibility index (Phi) is 3.05. The van der Waals surface area contributed by atoms with Crippen LogP contribution in [-0.2, 0) is 6.54 Å². The maximum Gasteiger partial charge on any atom is 0.160 e. The number of hydrogen-bond acceptors (Lipinski definition) is 3. The molecule has 0 fully saturated rings. The van der Waals surface area contributed by atoms with Crippen LogP contribution in [0.3, 0.4) is 0 Å². The first-order chi connectivity index (χ1) is 7.99. The van der Waals surface area contributed by atoms with Crippen molar-refractivity contribution in [1.82, 2.24) is 14.5 Å². The van der Waals surface area contributed by atoms with Crippen LogP contribution >= 0.6 is 0 Å². The zero-order valence-electron chi connectivity index (χ0n) is 10.9. The first kappa shape index (κ1) is 11.9. The number of imidazole rings is 1. The summed E-state index contributed by atoms with van der Waals surface area (Å²) in [5, 5.41) is 0. The van der Waals surface area contributed by atoms with E-state index >= 15 is 0 Å². The monoisotopic (exact) mass is 232 g/mol. The van der Waals surface area contributed by atoms with Crippen LogP contribution in [0, 0.1) is 5.92 Å². The van der Waals surface area contributed by atoms with Crippen molar-refractivity contribution in [2.75, 3.05) is 5.73 Å². The average Bonchev–Trinajstić information content (AvgIpc) is 2.55. The minimum atomic E-state index is 0.393. The summed E-state index contributed by atoms with van der Waals surface area (Å²) in [6.07, 6.45) is 1.70. The third kappa shape index (κ3) is 2.25. The highest BCUT2D eigenvalue weighted by molar-refractivity contribution is 5.75. The molecule has 0 aromatic carbocycles. The minimum absolute atomic E-state index is 0.393. The van der Waals surface area contributed by atoms with Crippen LogP contribution in [0.2, 0.25) is 0 Å². The summed E-state index contributed by atoms with van der Waals surface area (Å²) in [4.78, 5) is 9.06. The molecule has 0 aliphatic heterocycles. The Hall–Kier alpha value is -1.58. The normalized spacial score (nSPS) is 11.9. The number of pyridine rings is 1. The second-order valence-corrected chi connectivity index (χ2v) is 5.24. The molecule has 0 unspecified atom stereocenters. The highest BCUT2D eigenvalue weighted by Crippen LogP contribution is 2.22. The first-order valence-corrected chi connectivity index (χ1v) is 6.10. The third-order valence-corrected chi connectivity index (χ3v) is 2.70. The van der Waals surface area contributed by atoms with E-state index in [2.05, 4.69) is 42.2 Å². The van der Waals surface area contributed by atoms with Crippen LogP contribution < -0.4 is 5.73 Å². The predicted octanol–water partition coefficient (Wildman–Crippen LogP) is 2.79. The molecule has 2 aromatic heterocycles. The molecule has 17 heavy (non-hydrogen) atoms. The number of aromatic nitrogens is 3. The standard InChI is InChI=1S/C13H20N4/c1-8(2)7-17-12(9(3)4)16-11-5-10(14)6-15-13(11)17/h5-6,8-9H,7,14H2,1-4H3. The van der Waals surface area contributed by atoms with Gasteiger partial charge in [-0.25, -0.2) is 9.97 Å². The molecular formula is C13H20N4. The molecule has 2 N–H and O–H groups in total. The minimum Gasteiger partial charge on any atom is -0.397 e. The van der Waals surface area contributed by atoms with Crippen LogP contribution in [0.15, 0.2) is 12.3 Å². The lowest BCUT2D eigenvalue weighted by molar-refractivity contribution is 0.506. The second-order valence-electron chi connectivity index (χ2n) is 5.24. The molecule has 2 rings (SSSR count). The number of rotatable bonds is 3. The highest BCUT2D eigenvalue weighted by atomic mass is 15.1. The molecule has 0 radical (unpaired) electrons. The Labute approximate surface area is 102 Å². The molecule has 0 atom stereocenters. The summed E-state index contributed by atoms with van der Waals surface area (Å²) in [7, 11) is 0. The van der Waals surface area contributed by atoms with Gasteiger partial charge in [-0.05, 0) is 12.0 Å². The fraction of sp³-hybridized carbons (Fsp3) is 0.538. The molecule has 2 aromatic rings. The van der Waals surface area contributed by atoms with Crippen molar-refractivity contribution in [2.45, 2.75) is 40.2 Å². The predicted molar refractivity (Wildman–Crippen MR) is 70.9 cm³/mol. The number of nitrogens with two attached hydrogens (primary N) is 1. The van der Waals surface area contributed by atoms with E-state index < -0.39 is 0 Å².